The fraction of sp³-hybridized carbons (Fsp3) is 0. The SMILES string of the molecule is O=C(Nc1ccccc1C(=O)N/N=C\c1cccs1)c1ccco1. The Morgan fingerprint density at radius 2 is 1.92 bits per heavy atom. The fourth-order valence-electron chi connectivity index (χ4n) is 1.96. The topological polar surface area (TPSA) is 83.7 Å². The van der Waals surface area contributed by atoms with Crippen molar-refractivity contribution < 1.29 is 14.0 Å². The third-order valence-corrected chi connectivity index (χ3v) is 3.87. The summed E-state index contributed by atoms with van der Waals surface area (Å²) in [6.07, 6.45) is 2.97. The maximum atomic E-state index is 12.3. The van der Waals surface area contributed by atoms with Gasteiger partial charge in [0.25, 0.3) is 11.8 Å². The predicted octanol–water partition coefficient (Wildman–Crippen LogP) is 3.36. The van der Waals surface area contributed by atoms with Crippen LogP contribution in [0.15, 0.2) is 69.7 Å². The summed E-state index contributed by atoms with van der Waals surface area (Å²) in [5, 5.41) is 8.49. The third-order valence-electron chi connectivity index (χ3n) is 3.07. The highest BCUT2D eigenvalue weighted by atomic mass is 32.1. The van der Waals surface area contributed by atoms with Crippen LogP contribution in [0.3, 0.4) is 0 Å². The van der Waals surface area contributed by atoms with Crippen molar-refractivity contribution in [3.05, 3.63) is 76.4 Å². The van der Waals surface area contributed by atoms with Gasteiger partial charge >= 0.3 is 0 Å². The molecule has 0 aliphatic rings. The molecule has 2 amide bonds. The van der Waals surface area contributed by atoms with Gasteiger partial charge in [-0.05, 0) is 35.7 Å². The van der Waals surface area contributed by atoms with Crippen LogP contribution < -0.4 is 10.7 Å². The van der Waals surface area contributed by atoms with Crippen LogP contribution in [-0.4, -0.2) is 18.0 Å². The van der Waals surface area contributed by atoms with Crippen LogP contribution in [0.1, 0.15) is 25.8 Å². The lowest BCUT2D eigenvalue weighted by atomic mass is 10.1. The maximum absolute atomic E-state index is 12.3. The minimum Gasteiger partial charge on any atom is -0.459 e. The number of amides is 2. The summed E-state index contributed by atoms with van der Waals surface area (Å²) in [5.41, 5.74) is 3.13. The van der Waals surface area contributed by atoms with Crippen molar-refractivity contribution in [3.8, 4) is 0 Å². The molecule has 6 nitrogen and oxygen atoms in total. The molecule has 24 heavy (non-hydrogen) atoms. The number of benzene rings is 1. The normalized spacial score (nSPS) is 10.7. The van der Waals surface area contributed by atoms with Crippen LogP contribution in [-0.2, 0) is 0 Å². The Hall–Kier alpha value is -3.19. The molecular weight excluding hydrogens is 326 g/mol. The number of para-hydroxylation sites is 1. The number of hydrogen-bond acceptors (Lipinski definition) is 5. The van der Waals surface area contributed by atoms with Gasteiger partial charge in [-0.25, -0.2) is 5.43 Å². The maximum Gasteiger partial charge on any atom is 0.291 e. The molecule has 7 heteroatoms. The molecule has 120 valence electrons. The van der Waals surface area contributed by atoms with Gasteiger partial charge in [-0.15, -0.1) is 11.3 Å². The van der Waals surface area contributed by atoms with Crippen LogP contribution in [0.4, 0.5) is 5.69 Å². The lowest BCUT2D eigenvalue weighted by molar-refractivity contribution is 0.0956. The van der Waals surface area contributed by atoms with Gasteiger partial charge in [-0.2, -0.15) is 5.10 Å². The Kier molecular flexibility index (Phi) is 4.83. The highest BCUT2D eigenvalue weighted by Gasteiger charge is 2.14. The molecule has 0 aliphatic heterocycles. The number of rotatable bonds is 5. The summed E-state index contributed by atoms with van der Waals surface area (Å²) in [6, 6.07) is 13.6. The minimum atomic E-state index is -0.428. The Bertz CT molecular complexity index is 855. The molecule has 0 saturated carbocycles. The first-order chi connectivity index (χ1) is 11.7. The van der Waals surface area contributed by atoms with Crippen molar-refractivity contribution in [1.82, 2.24) is 5.43 Å². The lowest BCUT2D eigenvalue weighted by Crippen LogP contribution is -2.21. The Labute approximate surface area is 141 Å². The van der Waals surface area contributed by atoms with Gasteiger partial charge in [0.1, 0.15) is 0 Å². The highest BCUT2D eigenvalue weighted by Crippen LogP contribution is 2.16. The van der Waals surface area contributed by atoms with E-state index in [-0.39, 0.29) is 5.76 Å². The Morgan fingerprint density at radius 1 is 1.04 bits per heavy atom. The zero-order chi connectivity index (χ0) is 16.8. The fourth-order valence-corrected chi connectivity index (χ4v) is 2.55. The monoisotopic (exact) mass is 339 g/mol. The molecule has 0 spiro atoms. The molecule has 0 atom stereocenters. The van der Waals surface area contributed by atoms with Crippen molar-refractivity contribution in [2.45, 2.75) is 0 Å². The van der Waals surface area contributed by atoms with Gasteiger partial charge in [-0.3, -0.25) is 9.59 Å². The third kappa shape index (κ3) is 3.76. The first kappa shape index (κ1) is 15.7. The number of furan rings is 1. The number of thiophene rings is 1. The molecule has 0 unspecified atom stereocenters. The molecule has 0 bridgehead atoms. The first-order valence-electron chi connectivity index (χ1n) is 7.05. The smallest absolute Gasteiger partial charge is 0.291 e. The molecule has 0 fully saturated rings. The average Bonchev–Trinajstić information content (AvgIpc) is 3.29. The van der Waals surface area contributed by atoms with Crippen molar-refractivity contribution in [1.29, 1.82) is 0 Å². The zero-order valence-electron chi connectivity index (χ0n) is 12.4. The van der Waals surface area contributed by atoms with Gasteiger partial charge < -0.3 is 9.73 Å². The number of anilines is 1. The summed E-state index contributed by atoms with van der Waals surface area (Å²) in [4.78, 5) is 25.2. The summed E-state index contributed by atoms with van der Waals surface area (Å²) >= 11 is 1.51. The number of hydrogen-bond donors (Lipinski definition) is 2. The quantitative estimate of drug-likeness (QED) is 0.552. The molecule has 2 heterocycles. The van der Waals surface area contributed by atoms with Gasteiger partial charge in [0.05, 0.1) is 23.7 Å². The molecular formula is C17H13N3O3S. The van der Waals surface area contributed by atoms with Crippen LogP contribution in [0, 0.1) is 0 Å². The van der Waals surface area contributed by atoms with Gasteiger partial charge in [0, 0.05) is 4.88 Å². The molecule has 0 aliphatic carbocycles. The van der Waals surface area contributed by atoms with E-state index in [0.29, 0.717) is 11.3 Å². The van der Waals surface area contributed by atoms with Crippen LogP contribution in [0.2, 0.25) is 0 Å². The summed E-state index contributed by atoms with van der Waals surface area (Å²) in [7, 11) is 0. The van der Waals surface area contributed by atoms with Crippen molar-refractivity contribution in [3.63, 3.8) is 0 Å². The van der Waals surface area contributed by atoms with E-state index in [1.54, 1.807) is 42.6 Å². The number of nitrogens with one attached hydrogen (secondary N) is 2. The number of hydrazone groups is 1. The average molecular weight is 339 g/mol. The summed E-state index contributed by atoms with van der Waals surface area (Å²) in [6.45, 7) is 0. The van der Waals surface area contributed by atoms with E-state index in [1.807, 2.05) is 17.5 Å². The standard InChI is InChI=1S/C17H13N3O3S/c21-16(20-18-11-12-5-4-10-24-12)13-6-1-2-7-14(13)19-17(22)15-8-3-9-23-15/h1-11H,(H,19,22)(H,20,21)/b18-11-. The van der Waals surface area contributed by atoms with E-state index >= 15 is 0 Å². The molecule has 0 saturated heterocycles. The summed E-state index contributed by atoms with van der Waals surface area (Å²) in [5.74, 6) is -0.679. The Balaban J connectivity index is 1.71. The molecule has 1 aromatic carbocycles. The van der Waals surface area contributed by atoms with E-state index in [4.69, 9.17) is 4.42 Å². The van der Waals surface area contributed by atoms with E-state index in [2.05, 4.69) is 15.8 Å². The molecule has 3 aromatic rings. The molecule has 0 radical (unpaired) electrons. The second-order valence-corrected chi connectivity index (χ2v) is 5.67. The van der Waals surface area contributed by atoms with Crippen LogP contribution >= 0.6 is 11.3 Å². The Morgan fingerprint density at radius 3 is 2.67 bits per heavy atom. The zero-order valence-corrected chi connectivity index (χ0v) is 13.2. The first-order valence-corrected chi connectivity index (χ1v) is 7.93. The molecule has 3 rings (SSSR count). The van der Waals surface area contributed by atoms with Crippen LogP contribution in [0.5, 0.6) is 0 Å². The van der Waals surface area contributed by atoms with Crippen molar-refractivity contribution >= 4 is 35.1 Å². The molecule has 2 aromatic heterocycles. The number of carbonyl (C=O) groups is 2. The molecule has 2 N–H and O–H groups in total. The van der Waals surface area contributed by atoms with Gasteiger partial charge in [-0.1, -0.05) is 18.2 Å². The van der Waals surface area contributed by atoms with E-state index in [9.17, 15) is 9.59 Å². The second-order valence-electron chi connectivity index (χ2n) is 4.69. The van der Waals surface area contributed by atoms with E-state index < -0.39 is 11.8 Å². The van der Waals surface area contributed by atoms with Gasteiger partial charge in [0.2, 0.25) is 0 Å². The predicted molar refractivity (Wildman–Crippen MR) is 92.5 cm³/mol. The highest BCUT2D eigenvalue weighted by molar-refractivity contribution is 7.11. The second kappa shape index (κ2) is 7.38. The van der Waals surface area contributed by atoms with E-state index in [1.165, 1.54) is 17.6 Å². The number of carbonyl (C=O) groups excluding carboxylic acids is 2. The lowest BCUT2D eigenvalue weighted by Gasteiger charge is -2.08. The van der Waals surface area contributed by atoms with Gasteiger partial charge in [0.15, 0.2) is 5.76 Å². The number of nitrogens with zero attached hydrogens (tertiary/aromatic N) is 1. The minimum absolute atomic E-state index is 0.168. The van der Waals surface area contributed by atoms with Crippen molar-refractivity contribution in [2.75, 3.05) is 5.32 Å². The summed E-state index contributed by atoms with van der Waals surface area (Å²) < 4.78 is 5.04. The van der Waals surface area contributed by atoms with Crippen LogP contribution in [0.25, 0.3) is 0 Å². The van der Waals surface area contributed by atoms with Crippen molar-refractivity contribution in [2.24, 2.45) is 5.10 Å². The van der Waals surface area contributed by atoms with E-state index in [0.717, 1.165) is 4.88 Å². The largest absolute Gasteiger partial charge is 0.459 e.